The molecular formula is C26H23F3N8O. The first kappa shape index (κ1) is 24.0. The van der Waals surface area contributed by atoms with E-state index < -0.39 is 11.9 Å². The Kier molecular flexibility index (Phi) is 5.81. The van der Waals surface area contributed by atoms with Crippen molar-refractivity contribution in [3.63, 3.8) is 0 Å². The van der Waals surface area contributed by atoms with Crippen LogP contribution in [0.2, 0.25) is 0 Å². The maximum atomic E-state index is 13.2. The predicted molar refractivity (Wildman–Crippen MR) is 132 cm³/mol. The second kappa shape index (κ2) is 9.19. The molecule has 194 valence electrons. The molecule has 0 atom stereocenters. The first-order chi connectivity index (χ1) is 18.4. The average Bonchev–Trinajstić information content (AvgIpc) is 3.55. The number of aromatic amines is 1. The Morgan fingerprint density at radius 3 is 2.55 bits per heavy atom. The summed E-state index contributed by atoms with van der Waals surface area (Å²) in [5.74, 6) is 1.53. The van der Waals surface area contributed by atoms with Crippen LogP contribution >= 0.6 is 0 Å². The van der Waals surface area contributed by atoms with Gasteiger partial charge in [0, 0.05) is 30.6 Å². The fourth-order valence-electron chi connectivity index (χ4n) is 4.51. The lowest BCUT2D eigenvalue weighted by Gasteiger charge is -2.10. The summed E-state index contributed by atoms with van der Waals surface area (Å²) < 4.78 is 46.5. The van der Waals surface area contributed by atoms with Crippen LogP contribution in [0.4, 0.5) is 13.2 Å². The Bertz CT molecular complexity index is 1620. The smallest absolute Gasteiger partial charge is 0.434 e. The lowest BCUT2D eigenvalue weighted by molar-refractivity contribution is -0.140. The van der Waals surface area contributed by atoms with Crippen LogP contribution in [0.5, 0.6) is 5.88 Å². The highest BCUT2D eigenvalue weighted by atomic mass is 19.4. The van der Waals surface area contributed by atoms with Gasteiger partial charge in [-0.05, 0) is 25.3 Å². The zero-order chi connectivity index (χ0) is 26.4. The second-order valence-electron chi connectivity index (χ2n) is 9.15. The second-order valence-corrected chi connectivity index (χ2v) is 9.15. The van der Waals surface area contributed by atoms with E-state index in [4.69, 9.17) is 9.72 Å². The molecule has 0 aliphatic heterocycles. The molecule has 9 nitrogen and oxygen atoms in total. The highest BCUT2D eigenvalue weighted by Crippen LogP contribution is 2.45. The molecule has 0 saturated heterocycles. The number of fused-ring (bicyclic) bond motifs is 1. The van der Waals surface area contributed by atoms with Gasteiger partial charge in [0.2, 0.25) is 5.88 Å². The molecule has 0 unspecified atom stereocenters. The number of H-pyrrole nitrogens is 1. The molecule has 1 N–H and O–H groups in total. The van der Waals surface area contributed by atoms with Crippen molar-refractivity contribution in [1.29, 1.82) is 0 Å². The Balaban J connectivity index is 1.31. The monoisotopic (exact) mass is 520 g/mol. The lowest BCUT2D eigenvalue weighted by atomic mass is 10.1. The molecule has 38 heavy (non-hydrogen) atoms. The molecule has 4 heterocycles. The van der Waals surface area contributed by atoms with Crippen molar-refractivity contribution in [1.82, 2.24) is 39.7 Å². The number of imidazole rings is 1. The number of aromatic nitrogens is 8. The van der Waals surface area contributed by atoms with Crippen LogP contribution in [0.25, 0.3) is 33.8 Å². The van der Waals surface area contributed by atoms with Gasteiger partial charge in [0.05, 0.1) is 24.7 Å². The molecule has 1 fully saturated rings. The number of hydrogen-bond donors (Lipinski definition) is 1. The van der Waals surface area contributed by atoms with E-state index in [-0.39, 0.29) is 5.82 Å². The van der Waals surface area contributed by atoms with Crippen molar-refractivity contribution in [2.45, 2.75) is 44.8 Å². The van der Waals surface area contributed by atoms with Gasteiger partial charge in [0.15, 0.2) is 11.5 Å². The quantitative estimate of drug-likeness (QED) is 0.315. The van der Waals surface area contributed by atoms with E-state index in [0.29, 0.717) is 52.7 Å². The SMILES string of the molecule is CCn1cc(C(F)(F)F)nc1-c1ccc(Cc2n[nH]c3cnc(-c4c(OC)ncnc4C4CC4)nc23)cc1. The Morgan fingerprint density at radius 1 is 1.08 bits per heavy atom. The van der Waals surface area contributed by atoms with Crippen molar-refractivity contribution in [3.05, 3.63) is 65.6 Å². The number of nitrogens with one attached hydrogen (secondary N) is 1. The molecule has 4 aromatic heterocycles. The van der Waals surface area contributed by atoms with Crippen LogP contribution in [0.3, 0.4) is 0 Å². The fraction of sp³-hybridized carbons (Fsp3) is 0.308. The number of rotatable bonds is 7. The molecule has 0 amide bonds. The van der Waals surface area contributed by atoms with Crippen molar-refractivity contribution in [2.75, 3.05) is 7.11 Å². The lowest BCUT2D eigenvalue weighted by Crippen LogP contribution is -2.05. The van der Waals surface area contributed by atoms with Gasteiger partial charge in [0.1, 0.15) is 28.7 Å². The molecule has 1 aliphatic rings. The third-order valence-electron chi connectivity index (χ3n) is 6.59. The van der Waals surface area contributed by atoms with E-state index >= 15 is 0 Å². The summed E-state index contributed by atoms with van der Waals surface area (Å²) in [4.78, 5) is 21.9. The summed E-state index contributed by atoms with van der Waals surface area (Å²) in [6.07, 6.45) is 2.30. The fourth-order valence-corrected chi connectivity index (χ4v) is 4.51. The van der Waals surface area contributed by atoms with Gasteiger partial charge in [-0.15, -0.1) is 0 Å². The van der Waals surface area contributed by atoms with Gasteiger partial charge in [-0.25, -0.2) is 24.9 Å². The van der Waals surface area contributed by atoms with Crippen molar-refractivity contribution < 1.29 is 17.9 Å². The van der Waals surface area contributed by atoms with Crippen molar-refractivity contribution in [3.8, 4) is 28.7 Å². The summed E-state index contributed by atoms with van der Waals surface area (Å²) in [7, 11) is 1.56. The average molecular weight is 521 g/mol. The minimum Gasteiger partial charge on any atom is -0.480 e. The van der Waals surface area contributed by atoms with Crippen LogP contribution < -0.4 is 4.74 Å². The minimum absolute atomic E-state index is 0.277. The third-order valence-corrected chi connectivity index (χ3v) is 6.59. The van der Waals surface area contributed by atoms with Gasteiger partial charge in [0.25, 0.3) is 0 Å². The highest BCUT2D eigenvalue weighted by Gasteiger charge is 2.35. The minimum atomic E-state index is -4.49. The molecule has 1 aromatic carbocycles. The summed E-state index contributed by atoms with van der Waals surface area (Å²) in [6.45, 7) is 2.16. The van der Waals surface area contributed by atoms with E-state index in [1.807, 2.05) is 12.1 Å². The van der Waals surface area contributed by atoms with E-state index in [9.17, 15) is 13.2 Å². The van der Waals surface area contributed by atoms with Crippen LogP contribution in [0.15, 0.2) is 43.0 Å². The topological polar surface area (TPSA) is 107 Å². The summed E-state index contributed by atoms with van der Waals surface area (Å²) in [6, 6.07) is 7.26. The molecule has 1 saturated carbocycles. The van der Waals surface area contributed by atoms with E-state index in [2.05, 4.69) is 30.1 Å². The van der Waals surface area contributed by atoms with Gasteiger partial charge in [-0.2, -0.15) is 18.3 Å². The van der Waals surface area contributed by atoms with E-state index in [1.54, 1.807) is 32.4 Å². The summed E-state index contributed by atoms with van der Waals surface area (Å²) in [5.41, 5.74) is 4.28. The van der Waals surface area contributed by atoms with Crippen LogP contribution in [0.1, 0.15) is 48.3 Å². The van der Waals surface area contributed by atoms with Gasteiger partial charge < -0.3 is 9.30 Å². The number of nitrogens with zero attached hydrogens (tertiary/aromatic N) is 7. The molecule has 6 rings (SSSR count). The standard InChI is InChI=1S/C26H23F3N8O/c1-3-37-12-19(26(27,28)29)33-24(37)16-6-4-14(5-7-16)10-17-22-18(36-35-17)11-30-23(34-22)20-21(15-8-9-15)31-13-32-25(20)38-2/h4-7,11-13,15H,3,8-10H2,1-2H3,(H,35,36). The molecule has 5 aromatic rings. The Morgan fingerprint density at radius 2 is 1.87 bits per heavy atom. The van der Waals surface area contributed by atoms with Gasteiger partial charge in [-0.1, -0.05) is 24.3 Å². The third kappa shape index (κ3) is 4.35. The van der Waals surface area contributed by atoms with Gasteiger partial charge >= 0.3 is 6.18 Å². The number of aryl methyl sites for hydroxylation is 1. The Hall–Kier alpha value is -4.35. The van der Waals surface area contributed by atoms with Crippen molar-refractivity contribution >= 4 is 11.0 Å². The zero-order valence-electron chi connectivity index (χ0n) is 20.6. The first-order valence-electron chi connectivity index (χ1n) is 12.2. The number of alkyl halides is 3. The molecule has 0 bridgehead atoms. The molecule has 1 aliphatic carbocycles. The normalized spacial score (nSPS) is 13.8. The number of methoxy groups -OCH3 is 1. The first-order valence-corrected chi connectivity index (χ1v) is 12.2. The maximum Gasteiger partial charge on any atom is 0.434 e. The molecule has 0 radical (unpaired) electrons. The largest absolute Gasteiger partial charge is 0.480 e. The molecule has 12 heteroatoms. The summed E-state index contributed by atoms with van der Waals surface area (Å²) in [5, 5.41) is 7.42. The van der Waals surface area contributed by atoms with Gasteiger partial charge in [-0.3, -0.25) is 5.10 Å². The predicted octanol–water partition coefficient (Wildman–Crippen LogP) is 5.19. The highest BCUT2D eigenvalue weighted by molar-refractivity contribution is 5.79. The van der Waals surface area contributed by atoms with E-state index in [1.165, 1.54) is 10.9 Å². The van der Waals surface area contributed by atoms with E-state index in [0.717, 1.165) is 36.0 Å². The van der Waals surface area contributed by atoms with Crippen LogP contribution in [-0.2, 0) is 19.1 Å². The number of halogens is 3. The summed E-state index contributed by atoms with van der Waals surface area (Å²) >= 11 is 0. The zero-order valence-corrected chi connectivity index (χ0v) is 20.6. The Labute approximate surface area is 215 Å². The van der Waals surface area contributed by atoms with Crippen LogP contribution in [0, 0.1) is 0 Å². The maximum absolute atomic E-state index is 13.2. The molecular weight excluding hydrogens is 497 g/mol. The van der Waals surface area contributed by atoms with Crippen molar-refractivity contribution in [2.24, 2.45) is 0 Å². The number of hydrogen-bond acceptors (Lipinski definition) is 7. The van der Waals surface area contributed by atoms with Crippen LogP contribution in [-0.4, -0.2) is 46.8 Å². The number of ether oxygens (including phenoxy) is 1. The molecule has 0 spiro atoms. The number of benzene rings is 1.